The third-order valence-corrected chi connectivity index (χ3v) is 3.94. The van der Waals surface area contributed by atoms with E-state index in [9.17, 15) is 4.79 Å². The van der Waals surface area contributed by atoms with E-state index in [1.807, 2.05) is 11.9 Å². The summed E-state index contributed by atoms with van der Waals surface area (Å²) in [4.78, 5) is 16.5. The Morgan fingerprint density at radius 1 is 1.47 bits per heavy atom. The van der Waals surface area contributed by atoms with Crippen molar-refractivity contribution in [1.29, 1.82) is 0 Å². The van der Waals surface area contributed by atoms with Crippen LogP contribution in [-0.4, -0.2) is 61.0 Å². The zero-order valence-corrected chi connectivity index (χ0v) is 13.1. The first-order valence-electron chi connectivity index (χ1n) is 7.76. The second-order valence-electron chi connectivity index (χ2n) is 5.91. The maximum atomic E-state index is 12.1. The van der Waals surface area contributed by atoms with E-state index in [1.165, 1.54) is 19.4 Å². The summed E-state index contributed by atoms with van der Waals surface area (Å²) in [5.41, 5.74) is 0. The van der Waals surface area contributed by atoms with Crippen LogP contribution in [0.5, 0.6) is 0 Å². The van der Waals surface area contributed by atoms with Gasteiger partial charge in [0.2, 0.25) is 5.91 Å². The summed E-state index contributed by atoms with van der Waals surface area (Å²) in [7, 11) is 1.95. The van der Waals surface area contributed by atoms with Crippen molar-refractivity contribution >= 4 is 5.91 Å². The van der Waals surface area contributed by atoms with Crippen molar-refractivity contribution in [2.75, 3.05) is 33.2 Å². The van der Waals surface area contributed by atoms with Crippen molar-refractivity contribution in [1.82, 2.24) is 15.1 Å². The monoisotopic (exact) mass is 269 g/mol. The first kappa shape index (κ1) is 16.4. The molecule has 1 heterocycles. The number of amides is 1. The molecule has 1 rings (SSSR count). The van der Waals surface area contributed by atoms with Crippen molar-refractivity contribution in [3.8, 4) is 0 Å². The molecule has 1 atom stereocenters. The lowest BCUT2D eigenvalue weighted by molar-refractivity contribution is -0.130. The lowest BCUT2D eigenvalue weighted by Gasteiger charge is -2.27. The molecule has 0 aromatic carbocycles. The van der Waals surface area contributed by atoms with E-state index >= 15 is 0 Å². The molecule has 0 radical (unpaired) electrons. The molecule has 0 aromatic rings. The van der Waals surface area contributed by atoms with E-state index in [-0.39, 0.29) is 5.91 Å². The van der Waals surface area contributed by atoms with E-state index in [4.69, 9.17) is 0 Å². The minimum atomic E-state index is 0.286. The number of carbonyl (C=O) groups excluding carboxylic acids is 1. The molecule has 1 fully saturated rings. The molecule has 1 saturated heterocycles. The molecule has 4 heteroatoms. The van der Waals surface area contributed by atoms with Crippen molar-refractivity contribution in [2.24, 2.45) is 0 Å². The Labute approximate surface area is 118 Å². The number of carbonyl (C=O) groups is 1. The predicted molar refractivity (Wildman–Crippen MR) is 80.3 cm³/mol. The maximum absolute atomic E-state index is 12.1. The molecule has 1 amide bonds. The smallest absolute Gasteiger partial charge is 0.222 e. The van der Waals surface area contributed by atoms with Gasteiger partial charge in [0, 0.05) is 32.1 Å². The molecular weight excluding hydrogens is 238 g/mol. The van der Waals surface area contributed by atoms with Crippen LogP contribution >= 0.6 is 0 Å². The van der Waals surface area contributed by atoms with Gasteiger partial charge >= 0.3 is 0 Å². The Morgan fingerprint density at radius 3 is 2.84 bits per heavy atom. The standard InChI is InChI=1S/C15H31N3O/c1-5-18-11-7-8-14(18)12-17(4)15(19)9-6-10-16-13(2)3/h13-14,16H,5-12H2,1-4H3. The molecule has 112 valence electrons. The van der Waals surface area contributed by atoms with Crippen molar-refractivity contribution in [2.45, 2.75) is 58.5 Å². The average Bonchev–Trinajstić information content (AvgIpc) is 2.81. The Balaban J connectivity index is 2.21. The average molecular weight is 269 g/mol. The number of nitrogens with zero attached hydrogens (tertiary/aromatic N) is 2. The molecular formula is C15H31N3O. The van der Waals surface area contributed by atoms with Crippen LogP contribution in [0.25, 0.3) is 0 Å². The summed E-state index contributed by atoms with van der Waals surface area (Å²) in [6.45, 7) is 10.6. The maximum Gasteiger partial charge on any atom is 0.222 e. The lowest BCUT2D eigenvalue weighted by Crippen LogP contribution is -2.41. The number of likely N-dealkylation sites (N-methyl/N-ethyl adjacent to an activating group) is 2. The largest absolute Gasteiger partial charge is 0.344 e. The van der Waals surface area contributed by atoms with Crippen LogP contribution in [0.4, 0.5) is 0 Å². The van der Waals surface area contributed by atoms with Crippen LogP contribution in [-0.2, 0) is 4.79 Å². The number of hydrogen-bond acceptors (Lipinski definition) is 3. The zero-order valence-electron chi connectivity index (χ0n) is 13.1. The highest BCUT2D eigenvalue weighted by Crippen LogP contribution is 2.17. The number of nitrogens with one attached hydrogen (secondary N) is 1. The quantitative estimate of drug-likeness (QED) is 0.681. The van der Waals surface area contributed by atoms with Gasteiger partial charge in [0.15, 0.2) is 0 Å². The molecule has 19 heavy (non-hydrogen) atoms. The minimum Gasteiger partial charge on any atom is -0.344 e. The van der Waals surface area contributed by atoms with Gasteiger partial charge in [-0.2, -0.15) is 0 Å². The molecule has 1 unspecified atom stereocenters. The van der Waals surface area contributed by atoms with Crippen molar-refractivity contribution < 1.29 is 4.79 Å². The zero-order chi connectivity index (χ0) is 14.3. The molecule has 1 aliphatic heterocycles. The molecule has 0 spiro atoms. The summed E-state index contributed by atoms with van der Waals surface area (Å²) in [6.07, 6.45) is 4.11. The lowest BCUT2D eigenvalue weighted by atomic mass is 10.2. The fourth-order valence-corrected chi connectivity index (χ4v) is 2.76. The Hall–Kier alpha value is -0.610. The van der Waals surface area contributed by atoms with Crippen molar-refractivity contribution in [3.63, 3.8) is 0 Å². The molecule has 0 aromatic heterocycles. The molecule has 0 saturated carbocycles. The summed E-state index contributed by atoms with van der Waals surface area (Å²) in [6, 6.07) is 1.08. The second kappa shape index (κ2) is 8.54. The van der Waals surface area contributed by atoms with Gasteiger partial charge in [-0.05, 0) is 38.9 Å². The molecule has 1 aliphatic rings. The Bertz CT molecular complexity index is 268. The second-order valence-corrected chi connectivity index (χ2v) is 5.91. The van der Waals surface area contributed by atoms with E-state index in [0.29, 0.717) is 18.5 Å². The number of rotatable bonds is 8. The first-order chi connectivity index (χ1) is 9.04. The van der Waals surface area contributed by atoms with Crippen LogP contribution < -0.4 is 5.32 Å². The van der Waals surface area contributed by atoms with Gasteiger partial charge in [-0.3, -0.25) is 9.69 Å². The normalized spacial score (nSPS) is 20.2. The van der Waals surface area contributed by atoms with Gasteiger partial charge in [0.1, 0.15) is 0 Å². The van der Waals surface area contributed by atoms with Gasteiger partial charge in [0.05, 0.1) is 0 Å². The van der Waals surface area contributed by atoms with E-state index < -0.39 is 0 Å². The molecule has 1 N–H and O–H groups in total. The van der Waals surface area contributed by atoms with Gasteiger partial charge in [-0.15, -0.1) is 0 Å². The summed E-state index contributed by atoms with van der Waals surface area (Å²) in [5, 5.41) is 3.35. The third-order valence-electron chi connectivity index (χ3n) is 3.94. The third kappa shape index (κ3) is 5.91. The van der Waals surface area contributed by atoms with Crippen LogP contribution in [0.1, 0.15) is 46.5 Å². The van der Waals surface area contributed by atoms with Crippen LogP contribution in [0.2, 0.25) is 0 Å². The SMILES string of the molecule is CCN1CCCC1CN(C)C(=O)CCCNC(C)C. The van der Waals surface area contributed by atoms with E-state index in [0.717, 1.165) is 26.1 Å². The van der Waals surface area contributed by atoms with Crippen molar-refractivity contribution in [3.05, 3.63) is 0 Å². The van der Waals surface area contributed by atoms with Crippen LogP contribution in [0, 0.1) is 0 Å². The van der Waals surface area contributed by atoms with E-state index in [1.54, 1.807) is 0 Å². The number of hydrogen-bond donors (Lipinski definition) is 1. The first-order valence-corrected chi connectivity index (χ1v) is 7.76. The highest BCUT2D eigenvalue weighted by Gasteiger charge is 2.25. The number of likely N-dealkylation sites (tertiary alicyclic amines) is 1. The summed E-state index contributed by atoms with van der Waals surface area (Å²) < 4.78 is 0. The van der Waals surface area contributed by atoms with Crippen LogP contribution in [0.15, 0.2) is 0 Å². The molecule has 4 nitrogen and oxygen atoms in total. The summed E-state index contributed by atoms with van der Waals surface area (Å²) in [5.74, 6) is 0.286. The van der Waals surface area contributed by atoms with Gasteiger partial charge in [0.25, 0.3) is 0 Å². The topological polar surface area (TPSA) is 35.6 Å². The van der Waals surface area contributed by atoms with Crippen LogP contribution in [0.3, 0.4) is 0 Å². The van der Waals surface area contributed by atoms with Gasteiger partial charge in [-0.1, -0.05) is 20.8 Å². The molecule has 0 bridgehead atoms. The Kier molecular flexibility index (Phi) is 7.39. The summed E-state index contributed by atoms with van der Waals surface area (Å²) >= 11 is 0. The Morgan fingerprint density at radius 2 is 2.21 bits per heavy atom. The molecule has 0 aliphatic carbocycles. The van der Waals surface area contributed by atoms with Gasteiger partial charge in [-0.25, -0.2) is 0 Å². The van der Waals surface area contributed by atoms with Gasteiger partial charge < -0.3 is 10.2 Å². The minimum absolute atomic E-state index is 0.286. The van der Waals surface area contributed by atoms with E-state index in [2.05, 4.69) is 31.0 Å². The highest BCUT2D eigenvalue weighted by atomic mass is 16.2. The predicted octanol–water partition coefficient (Wildman–Crippen LogP) is 1.71. The fourth-order valence-electron chi connectivity index (χ4n) is 2.76. The fraction of sp³-hybridized carbons (Fsp3) is 0.933. The highest BCUT2D eigenvalue weighted by molar-refractivity contribution is 5.75.